The van der Waals surface area contributed by atoms with Crippen LogP contribution in [-0.4, -0.2) is 41.0 Å². The van der Waals surface area contributed by atoms with Crippen molar-refractivity contribution in [2.75, 3.05) is 12.8 Å². The van der Waals surface area contributed by atoms with E-state index in [2.05, 4.69) is 22.2 Å². The summed E-state index contributed by atoms with van der Waals surface area (Å²) in [5.41, 5.74) is 6.60. The largest absolute Gasteiger partial charge is 0.397 e. The van der Waals surface area contributed by atoms with Gasteiger partial charge >= 0.3 is 0 Å². The molecule has 0 aliphatic carbocycles. The SMILES string of the molecule is CN1C2CCCC1CC(NC(=O)c1cc(Cl)ncc1N)C2. The highest BCUT2D eigenvalue weighted by Gasteiger charge is 2.36. The maximum Gasteiger partial charge on any atom is 0.253 e. The van der Waals surface area contributed by atoms with Crippen molar-refractivity contribution >= 4 is 23.2 Å². The van der Waals surface area contributed by atoms with Gasteiger partial charge in [0.2, 0.25) is 0 Å². The molecule has 21 heavy (non-hydrogen) atoms. The third kappa shape index (κ3) is 2.99. The van der Waals surface area contributed by atoms with E-state index in [1.165, 1.54) is 31.5 Å². The number of hydrogen-bond acceptors (Lipinski definition) is 4. The van der Waals surface area contributed by atoms with Gasteiger partial charge in [0.15, 0.2) is 0 Å². The summed E-state index contributed by atoms with van der Waals surface area (Å²) in [5, 5.41) is 3.41. The molecular weight excluding hydrogens is 288 g/mol. The lowest BCUT2D eigenvalue weighted by molar-refractivity contribution is 0.0463. The number of hydrogen-bond donors (Lipinski definition) is 2. The lowest BCUT2D eigenvalue weighted by atomic mass is 9.82. The first-order valence-electron chi connectivity index (χ1n) is 7.48. The monoisotopic (exact) mass is 308 g/mol. The van der Waals surface area contributed by atoms with E-state index < -0.39 is 0 Å². The van der Waals surface area contributed by atoms with Crippen LogP contribution in [0.4, 0.5) is 5.69 Å². The highest BCUT2D eigenvalue weighted by Crippen LogP contribution is 2.32. The summed E-state index contributed by atoms with van der Waals surface area (Å²) in [6.45, 7) is 0. The van der Waals surface area contributed by atoms with Gasteiger partial charge in [-0.1, -0.05) is 18.0 Å². The van der Waals surface area contributed by atoms with Crippen molar-refractivity contribution < 1.29 is 4.79 Å². The van der Waals surface area contributed by atoms with Crippen LogP contribution < -0.4 is 11.1 Å². The number of nitrogens with one attached hydrogen (secondary N) is 1. The zero-order chi connectivity index (χ0) is 15.0. The number of carbonyl (C=O) groups excluding carboxylic acids is 1. The molecule has 6 heteroatoms. The van der Waals surface area contributed by atoms with Crippen LogP contribution in [0.5, 0.6) is 0 Å². The number of pyridine rings is 1. The summed E-state index contributed by atoms with van der Waals surface area (Å²) in [4.78, 5) is 18.8. The summed E-state index contributed by atoms with van der Waals surface area (Å²) in [7, 11) is 2.20. The molecule has 2 aliphatic heterocycles. The quantitative estimate of drug-likeness (QED) is 0.820. The van der Waals surface area contributed by atoms with Gasteiger partial charge in [-0.05, 0) is 38.8 Å². The number of aromatic nitrogens is 1. The lowest BCUT2D eigenvalue weighted by Crippen LogP contribution is -2.55. The summed E-state index contributed by atoms with van der Waals surface area (Å²) in [6.07, 6.45) is 7.20. The fourth-order valence-corrected chi connectivity index (χ4v) is 3.79. The van der Waals surface area contributed by atoms with Crippen molar-refractivity contribution in [2.24, 2.45) is 0 Å². The lowest BCUT2D eigenvalue weighted by Gasteiger charge is -2.47. The van der Waals surface area contributed by atoms with Gasteiger partial charge in [0, 0.05) is 18.1 Å². The molecule has 1 aromatic heterocycles. The number of nitrogens with two attached hydrogens (primary N) is 1. The Morgan fingerprint density at radius 3 is 2.76 bits per heavy atom. The van der Waals surface area contributed by atoms with Crippen LogP contribution in [0.2, 0.25) is 5.15 Å². The molecule has 114 valence electrons. The average Bonchev–Trinajstić information content (AvgIpc) is 2.42. The first-order valence-corrected chi connectivity index (χ1v) is 7.86. The number of piperidine rings is 2. The minimum Gasteiger partial charge on any atom is -0.397 e. The minimum atomic E-state index is -0.149. The number of fused-ring (bicyclic) bond motifs is 2. The molecule has 2 atom stereocenters. The first kappa shape index (κ1) is 14.6. The number of rotatable bonds is 2. The number of nitrogens with zero attached hydrogens (tertiary/aromatic N) is 2. The molecule has 3 N–H and O–H groups in total. The van der Waals surface area contributed by atoms with Crippen molar-refractivity contribution in [2.45, 2.75) is 50.2 Å². The predicted octanol–water partition coefficient (Wildman–Crippen LogP) is 2.06. The van der Waals surface area contributed by atoms with E-state index in [-0.39, 0.29) is 17.1 Å². The van der Waals surface area contributed by atoms with E-state index in [4.69, 9.17) is 17.3 Å². The molecule has 0 aromatic carbocycles. The van der Waals surface area contributed by atoms with Crippen LogP contribution >= 0.6 is 11.6 Å². The molecular formula is C15H21ClN4O. The smallest absolute Gasteiger partial charge is 0.253 e. The number of anilines is 1. The normalized spacial score (nSPS) is 29.1. The molecule has 1 amide bonds. The number of nitrogen functional groups attached to an aromatic ring is 1. The third-order valence-electron chi connectivity index (χ3n) is 4.82. The standard InChI is InChI=1S/C15H21ClN4O/c1-20-10-3-2-4-11(20)6-9(5-10)19-15(21)12-7-14(16)18-8-13(12)17/h7-11H,2-6,17H2,1H3,(H,19,21). The third-order valence-corrected chi connectivity index (χ3v) is 5.03. The van der Waals surface area contributed by atoms with Crippen molar-refractivity contribution in [3.8, 4) is 0 Å². The van der Waals surface area contributed by atoms with Gasteiger partial charge in [0.1, 0.15) is 5.15 Å². The number of amides is 1. The van der Waals surface area contributed by atoms with Crippen LogP contribution in [0, 0.1) is 0 Å². The average molecular weight is 309 g/mol. The molecule has 3 rings (SSSR count). The topological polar surface area (TPSA) is 71.2 Å². The molecule has 2 aliphatic rings. The Balaban J connectivity index is 1.69. The van der Waals surface area contributed by atoms with Crippen molar-refractivity contribution in [3.63, 3.8) is 0 Å². The second kappa shape index (κ2) is 5.81. The molecule has 0 radical (unpaired) electrons. The maximum atomic E-state index is 12.4. The highest BCUT2D eigenvalue weighted by molar-refractivity contribution is 6.29. The molecule has 1 aromatic rings. The fourth-order valence-electron chi connectivity index (χ4n) is 3.63. The van der Waals surface area contributed by atoms with Gasteiger partial charge < -0.3 is 16.0 Å². The van der Waals surface area contributed by atoms with Gasteiger partial charge in [-0.3, -0.25) is 4.79 Å². The Morgan fingerprint density at radius 2 is 2.10 bits per heavy atom. The van der Waals surface area contributed by atoms with E-state index >= 15 is 0 Å². The second-order valence-corrected chi connectivity index (χ2v) is 6.53. The predicted molar refractivity (Wildman–Crippen MR) is 83.3 cm³/mol. The molecule has 3 heterocycles. The Kier molecular flexibility index (Phi) is 4.04. The number of halogens is 1. The molecule has 2 unspecified atom stereocenters. The van der Waals surface area contributed by atoms with Crippen molar-refractivity contribution in [1.82, 2.24) is 15.2 Å². The molecule has 2 saturated heterocycles. The summed E-state index contributed by atoms with van der Waals surface area (Å²) >= 11 is 5.85. The van der Waals surface area contributed by atoms with Gasteiger partial charge in [-0.2, -0.15) is 0 Å². The zero-order valence-corrected chi connectivity index (χ0v) is 12.9. The van der Waals surface area contributed by atoms with E-state index in [1.807, 2.05) is 0 Å². The molecule has 0 spiro atoms. The molecule has 0 saturated carbocycles. The van der Waals surface area contributed by atoms with Crippen LogP contribution in [0.25, 0.3) is 0 Å². The summed E-state index contributed by atoms with van der Waals surface area (Å²) in [5.74, 6) is -0.149. The van der Waals surface area contributed by atoms with Crippen LogP contribution in [0.15, 0.2) is 12.3 Å². The Bertz CT molecular complexity index is 536. The van der Waals surface area contributed by atoms with Crippen LogP contribution in [0.1, 0.15) is 42.5 Å². The molecule has 2 fully saturated rings. The van der Waals surface area contributed by atoms with Gasteiger partial charge in [0.25, 0.3) is 5.91 Å². The first-order chi connectivity index (χ1) is 10.0. The number of carbonyl (C=O) groups is 1. The summed E-state index contributed by atoms with van der Waals surface area (Å²) in [6, 6.07) is 2.92. The highest BCUT2D eigenvalue weighted by atomic mass is 35.5. The van der Waals surface area contributed by atoms with Gasteiger partial charge in [-0.25, -0.2) is 4.98 Å². The van der Waals surface area contributed by atoms with E-state index in [9.17, 15) is 4.79 Å². The summed E-state index contributed by atoms with van der Waals surface area (Å²) < 4.78 is 0. The van der Waals surface area contributed by atoms with Crippen molar-refractivity contribution in [3.05, 3.63) is 23.0 Å². The maximum absolute atomic E-state index is 12.4. The van der Waals surface area contributed by atoms with Crippen molar-refractivity contribution in [1.29, 1.82) is 0 Å². The van der Waals surface area contributed by atoms with Gasteiger partial charge in [0.05, 0.1) is 17.4 Å². The molecule has 2 bridgehead atoms. The Labute approximate surface area is 129 Å². The minimum absolute atomic E-state index is 0.149. The van der Waals surface area contributed by atoms with Crippen LogP contribution in [-0.2, 0) is 0 Å². The molecule has 5 nitrogen and oxygen atoms in total. The second-order valence-electron chi connectivity index (χ2n) is 6.14. The van der Waals surface area contributed by atoms with Crippen LogP contribution in [0.3, 0.4) is 0 Å². The fraction of sp³-hybridized carbons (Fsp3) is 0.600. The zero-order valence-electron chi connectivity index (χ0n) is 12.2. The Hall–Kier alpha value is -1.33. The van der Waals surface area contributed by atoms with E-state index in [0.717, 1.165) is 12.8 Å². The van der Waals surface area contributed by atoms with E-state index in [0.29, 0.717) is 23.3 Å². The Morgan fingerprint density at radius 1 is 1.43 bits per heavy atom. The van der Waals surface area contributed by atoms with Gasteiger partial charge in [-0.15, -0.1) is 0 Å². The van der Waals surface area contributed by atoms with E-state index in [1.54, 1.807) is 0 Å².